The van der Waals surface area contributed by atoms with Crippen molar-refractivity contribution in [1.82, 2.24) is 0 Å². The van der Waals surface area contributed by atoms with Crippen LogP contribution in [0.3, 0.4) is 0 Å². The summed E-state index contributed by atoms with van der Waals surface area (Å²) in [6, 6.07) is 23.8. The minimum atomic E-state index is -0.379. The number of aromatic hydroxyl groups is 1. The molecule has 0 fully saturated rings. The average molecular weight is 362 g/mol. The molecule has 27 heavy (non-hydrogen) atoms. The van der Waals surface area contributed by atoms with Crippen LogP contribution in [-0.2, 0) is 5.41 Å². The Labute approximate surface area is 161 Å². The fourth-order valence-electron chi connectivity index (χ4n) is 3.36. The average Bonchev–Trinajstić information content (AvgIpc) is 2.68. The molecule has 3 heteroatoms. The van der Waals surface area contributed by atoms with E-state index in [1.165, 1.54) is 0 Å². The van der Waals surface area contributed by atoms with Crippen molar-refractivity contribution < 1.29 is 14.6 Å². The van der Waals surface area contributed by atoms with Crippen molar-refractivity contribution in [3.63, 3.8) is 0 Å². The van der Waals surface area contributed by atoms with E-state index >= 15 is 0 Å². The monoisotopic (exact) mass is 362 g/mol. The number of benzene rings is 3. The maximum atomic E-state index is 9.72. The van der Waals surface area contributed by atoms with Crippen LogP contribution in [0.25, 0.3) is 0 Å². The van der Waals surface area contributed by atoms with Crippen molar-refractivity contribution in [1.29, 1.82) is 0 Å². The maximum absolute atomic E-state index is 9.72. The van der Waals surface area contributed by atoms with Crippen molar-refractivity contribution in [3.05, 3.63) is 89.5 Å². The topological polar surface area (TPSA) is 38.7 Å². The Morgan fingerprint density at radius 3 is 1.52 bits per heavy atom. The quantitative estimate of drug-likeness (QED) is 0.585. The Bertz CT molecular complexity index is 865. The fraction of sp³-hybridized carbons (Fsp3) is 0.250. The molecule has 0 spiro atoms. The van der Waals surface area contributed by atoms with Crippen molar-refractivity contribution in [2.45, 2.75) is 32.3 Å². The summed E-state index contributed by atoms with van der Waals surface area (Å²) in [5, 5.41) is 9.72. The molecule has 0 saturated carbocycles. The third-order valence-electron chi connectivity index (χ3n) is 4.92. The number of rotatable bonds is 6. The summed E-state index contributed by atoms with van der Waals surface area (Å²) in [6.07, 6.45) is 0.140. The van der Waals surface area contributed by atoms with Crippen LogP contribution < -0.4 is 9.47 Å². The van der Waals surface area contributed by atoms with Gasteiger partial charge in [0.15, 0.2) is 0 Å². The summed E-state index contributed by atoms with van der Waals surface area (Å²) < 4.78 is 11.1. The van der Waals surface area contributed by atoms with Gasteiger partial charge in [0.25, 0.3) is 0 Å². The molecule has 1 N–H and O–H groups in total. The highest BCUT2D eigenvalue weighted by atomic mass is 16.5. The maximum Gasteiger partial charge on any atom is 0.119 e. The third kappa shape index (κ3) is 3.92. The second-order valence-electron chi connectivity index (χ2n) is 7.09. The normalized spacial score (nSPS) is 13.2. The van der Waals surface area contributed by atoms with Gasteiger partial charge in [0.1, 0.15) is 17.2 Å². The number of hydrogen-bond donors (Lipinski definition) is 1. The molecule has 0 aliphatic rings. The van der Waals surface area contributed by atoms with E-state index in [0.29, 0.717) is 0 Å². The summed E-state index contributed by atoms with van der Waals surface area (Å²) in [6.45, 7) is 6.23. The molecule has 0 bridgehead atoms. The molecule has 3 aromatic carbocycles. The Balaban J connectivity index is 2.10. The van der Waals surface area contributed by atoms with E-state index < -0.39 is 0 Å². The van der Waals surface area contributed by atoms with Crippen LogP contribution in [0.2, 0.25) is 0 Å². The lowest BCUT2D eigenvalue weighted by atomic mass is 9.71. The smallest absolute Gasteiger partial charge is 0.119 e. The molecular weight excluding hydrogens is 336 g/mol. The molecular formula is C24H26O3. The first-order valence-corrected chi connectivity index (χ1v) is 9.14. The van der Waals surface area contributed by atoms with Gasteiger partial charge in [0.2, 0.25) is 0 Å². The molecule has 0 amide bonds. The van der Waals surface area contributed by atoms with Gasteiger partial charge in [-0.25, -0.2) is 0 Å². The predicted molar refractivity (Wildman–Crippen MR) is 109 cm³/mol. The van der Waals surface area contributed by atoms with Crippen LogP contribution in [0.4, 0.5) is 0 Å². The van der Waals surface area contributed by atoms with E-state index in [-0.39, 0.29) is 17.3 Å². The Hall–Kier alpha value is -2.94. The van der Waals surface area contributed by atoms with Gasteiger partial charge in [-0.05, 0) is 73.9 Å². The zero-order chi connectivity index (χ0) is 19.4. The number of hydrogen-bond acceptors (Lipinski definition) is 3. The van der Waals surface area contributed by atoms with Gasteiger partial charge < -0.3 is 14.6 Å². The molecule has 0 saturated heterocycles. The van der Waals surface area contributed by atoms with Crippen molar-refractivity contribution in [2.24, 2.45) is 0 Å². The zero-order valence-electron chi connectivity index (χ0n) is 16.3. The highest BCUT2D eigenvalue weighted by Crippen LogP contribution is 2.40. The van der Waals surface area contributed by atoms with Gasteiger partial charge in [0.05, 0.1) is 13.2 Å². The fourth-order valence-corrected chi connectivity index (χ4v) is 3.36. The minimum Gasteiger partial charge on any atom is -0.508 e. The molecule has 0 aromatic heterocycles. The van der Waals surface area contributed by atoms with Crippen LogP contribution in [0.5, 0.6) is 17.2 Å². The van der Waals surface area contributed by atoms with Crippen LogP contribution in [-0.4, -0.2) is 18.3 Å². The Morgan fingerprint density at radius 2 is 1.11 bits per heavy atom. The molecule has 0 radical (unpaired) electrons. The summed E-state index contributed by atoms with van der Waals surface area (Å²) in [5.41, 5.74) is 3.01. The van der Waals surface area contributed by atoms with E-state index in [0.717, 1.165) is 28.2 Å². The van der Waals surface area contributed by atoms with E-state index in [1.807, 2.05) is 50.2 Å². The van der Waals surface area contributed by atoms with Gasteiger partial charge in [-0.15, -0.1) is 0 Å². The lowest BCUT2D eigenvalue weighted by Gasteiger charge is -2.32. The number of methoxy groups -OCH3 is 1. The number of phenolic OH excluding ortho intramolecular Hbond substituents is 1. The molecule has 0 aliphatic heterocycles. The van der Waals surface area contributed by atoms with Gasteiger partial charge in [-0.1, -0.05) is 36.4 Å². The molecule has 3 aromatic rings. The van der Waals surface area contributed by atoms with Gasteiger partial charge in [-0.2, -0.15) is 0 Å². The summed E-state index contributed by atoms with van der Waals surface area (Å²) >= 11 is 0. The molecule has 3 rings (SSSR count). The molecule has 3 nitrogen and oxygen atoms in total. The number of ether oxygens (including phenoxy) is 2. The summed E-state index contributed by atoms with van der Waals surface area (Å²) in [7, 11) is 1.67. The van der Waals surface area contributed by atoms with E-state index in [9.17, 15) is 5.11 Å². The first-order chi connectivity index (χ1) is 12.9. The first-order valence-electron chi connectivity index (χ1n) is 9.14. The molecule has 0 heterocycles. The molecule has 1 atom stereocenters. The second kappa shape index (κ2) is 7.75. The minimum absolute atomic E-state index is 0.140. The summed E-state index contributed by atoms with van der Waals surface area (Å²) in [4.78, 5) is 0. The van der Waals surface area contributed by atoms with Crippen LogP contribution >= 0.6 is 0 Å². The zero-order valence-corrected chi connectivity index (χ0v) is 16.3. The highest BCUT2D eigenvalue weighted by Gasteiger charge is 2.31. The van der Waals surface area contributed by atoms with Crippen LogP contribution in [0.1, 0.15) is 37.5 Å². The summed E-state index contributed by atoms with van der Waals surface area (Å²) in [5.74, 6) is 1.94. The highest BCUT2D eigenvalue weighted by molar-refractivity contribution is 5.52. The van der Waals surface area contributed by atoms with Crippen molar-refractivity contribution in [3.8, 4) is 17.2 Å². The van der Waals surface area contributed by atoms with E-state index in [2.05, 4.69) is 31.2 Å². The van der Waals surface area contributed by atoms with Gasteiger partial charge in [0, 0.05) is 5.41 Å². The van der Waals surface area contributed by atoms with E-state index in [4.69, 9.17) is 9.47 Å². The van der Waals surface area contributed by atoms with Crippen LogP contribution in [0.15, 0.2) is 72.8 Å². The Morgan fingerprint density at radius 1 is 0.704 bits per heavy atom. The van der Waals surface area contributed by atoms with Gasteiger partial charge in [-0.3, -0.25) is 0 Å². The van der Waals surface area contributed by atoms with Gasteiger partial charge >= 0.3 is 0 Å². The lowest BCUT2D eigenvalue weighted by molar-refractivity contribution is 0.242. The second-order valence-corrected chi connectivity index (χ2v) is 7.09. The van der Waals surface area contributed by atoms with Crippen LogP contribution in [0, 0.1) is 0 Å². The Kier molecular flexibility index (Phi) is 5.41. The molecule has 1 unspecified atom stereocenters. The first kappa shape index (κ1) is 18.8. The van der Waals surface area contributed by atoms with E-state index in [1.54, 1.807) is 19.2 Å². The van der Waals surface area contributed by atoms with Crippen molar-refractivity contribution >= 4 is 0 Å². The standard InChI is InChI=1S/C24H26O3/c1-17(2)27-23-15-9-20(10-16-23)24(3,18-5-11-21(25)12-6-18)19-7-13-22(26-4)14-8-19/h5-17,25H,1-4H3. The van der Waals surface area contributed by atoms with Crippen molar-refractivity contribution in [2.75, 3.05) is 7.11 Å². The largest absolute Gasteiger partial charge is 0.508 e. The third-order valence-corrected chi connectivity index (χ3v) is 4.92. The molecule has 140 valence electrons. The molecule has 0 aliphatic carbocycles. The predicted octanol–water partition coefficient (Wildman–Crippen LogP) is 5.54. The number of phenols is 1. The lowest BCUT2D eigenvalue weighted by Crippen LogP contribution is -2.25. The SMILES string of the molecule is COc1ccc(C(C)(c2ccc(O)cc2)c2ccc(OC(C)C)cc2)cc1.